The standard InChI is InChI=1S/C15H12ClNO4/c1-21-11-4-2-3-9(7-11)14(18)17-13-6-5-10(16)8-12(13)15(19)20/h2-8H,1H3,(H,17,18)(H,19,20)/p-1. The van der Waals surface area contributed by atoms with Gasteiger partial charge >= 0.3 is 0 Å². The first-order valence-electron chi connectivity index (χ1n) is 5.97. The SMILES string of the molecule is COc1cccc(C(=O)Nc2ccc(Cl)cc2C(=O)[O-])c1. The second kappa shape index (κ2) is 6.28. The topological polar surface area (TPSA) is 78.5 Å². The lowest BCUT2D eigenvalue weighted by molar-refractivity contribution is -0.254. The molecule has 0 unspecified atom stereocenters. The van der Waals surface area contributed by atoms with Gasteiger partial charge in [0.15, 0.2) is 0 Å². The molecular formula is C15H11ClNO4-. The Kier molecular flexibility index (Phi) is 4.45. The number of benzene rings is 2. The van der Waals surface area contributed by atoms with Crippen molar-refractivity contribution in [3.8, 4) is 5.75 Å². The Morgan fingerprint density at radius 3 is 2.62 bits per heavy atom. The molecule has 0 aliphatic carbocycles. The average Bonchev–Trinajstić information content (AvgIpc) is 2.48. The van der Waals surface area contributed by atoms with Crippen molar-refractivity contribution < 1.29 is 19.4 Å². The minimum absolute atomic E-state index is 0.118. The van der Waals surface area contributed by atoms with Crippen molar-refractivity contribution in [2.75, 3.05) is 12.4 Å². The van der Waals surface area contributed by atoms with Gasteiger partial charge in [-0.15, -0.1) is 0 Å². The molecule has 6 heteroatoms. The number of halogens is 1. The molecule has 2 aromatic carbocycles. The highest BCUT2D eigenvalue weighted by molar-refractivity contribution is 6.31. The largest absolute Gasteiger partial charge is 0.545 e. The molecular weight excluding hydrogens is 294 g/mol. The first-order valence-corrected chi connectivity index (χ1v) is 6.35. The van der Waals surface area contributed by atoms with Crippen molar-refractivity contribution in [1.82, 2.24) is 0 Å². The second-order valence-electron chi connectivity index (χ2n) is 4.16. The van der Waals surface area contributed by atoms with Crippen molar-refractivity contribution in [2.45, 2.75) is 0 Å². The molecule has 1 amide bonds. The number of carbonyl (C=O) groups is 2. The van der Waals surface area contributed by atoms with Gasteiger partial charge < -0.3 is 20.0 Å². The molecule has 1 N–H and O–H groups in total. The molecule has 21 heavy (non-hydrogen) atoms. The molecule has 0 saturated carbocycles. The summed E-state index contributed by atoms with van der Waals surface area (Å²) in [5.74, 6) is -1.35. The highest BCUT2D eigenvalue weighted by Crippen LogP contribution is 2.21. The maximum absolute atomic E-state index is 12.1. The van der Waals surface area contributed by atoms with Crippen LogP contribution in [0, 0.1) is 0 Å². The number of carboxylic acid groups (broad SMARTS) is 1. The maximum Gasteiger partial charge on any atom is 0.255 e. The summed E-state index contributed by atoms with van der Waals surface area (Å²) in [6.45, 7) is 0. The van der Waals surface area contributed by atoms with E-state index in [0.29, 0.717) is 11.3 Å². The van der Waals surface area contributed by atoms with Gasteiger partial charge in [0.25, 0.3) is 5.91 Å². The van der Waals surface area contributed by atoms with Crippen LogP contribution in [0.15, 0.2) is 42.5 Å². The van der Waals surface area contributed by atoms with E-state index in [2.05, 4.69) is 5.32 Å². The van der Waals surface area contributed by atoms with E-state index in [1.54, 1.807) is 24.3 Å². The predicted molar refractivity (Wildman–Crippen MR) is 76.7 cm³/mol. The van der Waals surface area contributed by atoms with E-state index in [-0.39, 0.29) is 16.3 Å². The number of amides is 1. The first-order chi connectivity index (χ1) is 10.0. The van der Waals surface area contributed by atoms with Gasteiger partial charge in [0.05, 0.1) is 18.8 Å². The lowest BCUT2D eigenvalue weighted by Gasteiger charge is -2.12. The molecule has 0 aromatic heterocycles. The number of aromatic carboxylic acids is 1. The number of ether oxygens (including phenoxy) is 1. The van der Waals surface area contributed by atoms with Crippen molar-refractivity contribution in [3.63, 3.8) is 0 Å². The van der Waals surface area contributed by atoms with Crippen LogP contribution in [0.4, 0.5) is 5.69 Å². The summed E-state index contributed by atoms with van der Waals surface area (Å²) in [5, 5.41) is 13.8. The van der Waals surface area contributed by atoms with E-state index in [0.717, 1.165) is 0 Å². The van der Waals surface area contributed by atoms with Crippen LogP contribution >= 0.6 is 11.6 Å². The van der Waals surface area contributed by atoms with E-state index < -0.39 is 11.9 Å². The highest BCUT2D eigenvalue weighted by Gasteiger charge is 2.11. The Hall–Kier alpha value is -2.53. The minimum atomic E-state index is -1.42. The number of anilines is 1. The van der Waals surface area contributed by atoms with Gasteiger partial charge in [-0.2, -0.15) is 0 Å². The monoisotopic (exact) mass is 304 g/mol. The van der Waals surface area contributed by atoms with Crippen LogP contribution in [0.5, 0.6) is 5.75 Å². The Balaban J connectivity index is 2.29. The van der Waals surface area contributed by atoms with Gasteiger partial charge in [-0.3, -0.25) is 4.79 Å². The first kappa shape index (κ1) is 14.9. The summed E-state index contributed by atoms with van der Waals surface area (Å²) in [5.41, 5.74) is 0.277. The van der Waals surface area contributed by atoms with Crippen LogP contribution in [0.2, 0.25) is 5.02 Å². The van der Waals surface area contributed by atoms with E-state index in [4.69, 9.17) is 16.3 Å². The lowest BCUT2D eigenvalue weighted by atomic mass is 10.1. The van der Waals surface area contributed by atoms with Crippen molar-refractivity contribution in [3.05, 3.63) is 58.6 Å². The maximum atomic E-state index is 12.1. The molecule has 5 nitrogen and oxygen atoms in total. The molecule has 108 valence electrons. The minimum Gasteiger partial charge on any atom is -0.545 e. The fraction of sp³-hybridized carbons (Fsp3) is 0.0667. The van der Waals surface area contributed by atoms with Gasteiger partial charge in [0, 0.05) is 16.1 Å². The fourth-order valence-electron chi connectivity index (χ4n) is 1.75. The van der Waals surface area contributed by atoms with E-state index in [9.17, 15) is 14.7 Å². The number of nitrogens with one attached hydrogen (secondary N) is 1. The van der Waals surface area contributed by atoms with E-state index >= 15 is 0 Å². The molecule has 0 spiro atoms. The molecule has 2 aromatic rings. The number of hydrogen-bond donors (Lipinski definition) is 1. The Labute approximate surface area is 126 Å². The van der Waals surface area contributed by atoms with Crippen LogP contribution in [-0.2, 0) is 0 Å². The quantitative estimate of drug-likeness (QED) is 0.936. The Morgan fingerprint density at radius 2 is 1.95 bits per heavy atom. The summed E-state index contributed by atoms with van der Waals surface area (Å²) in [6.07, 6.45) is 0. The Bertz CT molecular complexity index is 700. The summed E-state index contributed by atoms with van der Waals surface area (Å²) in [6, 6.07) is 10.6. The van der Waals surface area contributed by atoms with Crippen molar-refractivity contribution in [1.29, 1.82) is 0 Å². The molecule has 0 fully saturated rings. The van der Waals surface area contributed by atoms with Crippen molar-refractivity contribution >= 4 is 29.2 Å². The van der Waals surface area contributed by atoms with Gasteiger partial charge in [0.2, 0.25) is 0 Å². The van der Waals surface area contributed by atoms with Crippen molar-refractivity contribution in [2.24, 2.45) is 0 Å². The van der Waals surface area contributed by atoms with Gasteiger partial charge in [-0.05, 0) is 36.4 Å². The summed E-state index contributed by atoms with van der Waals surface area (Å²) in [7, 11) is 1.49. The normalized spacial score (nSPS) is 10.0. The van der Waals surface area contributed by atoms with E-state index in [1.165, 1.54) is 25.3 Å². The molecule has 0 aliphatic rings. The molecule has 2 rings (SSSR count). The number of carboxylic acids is 1. The third-order valence-electron chi connectivity index (χ3n) is 2.78. The zero-order valence-corrected chi connectivity index (χ0v) is 11.8. The molecule has 0 atom stereocenters. The van der Waals surface area contributed by atoms with Crippen LogP contribution in [0.25, 0.3) is 0 Å². The third kappa shape index (κ3) is 3.52. The lowest BCUT2D eigenvalue weighted by Crippen LogP contribution is -2.25. The molecule has 0 aliphatic heterocycles. The smallest absolute Gasteiger partial charge is 0.255 e. The number of methoxy groups -OCH3 is 1. The summed E-state index contributed by atoms with van der Waals surface area (Å²) < 4.78 is 5.03. The van der Waals surface area contributed by atoms with Crippen LogP contribution in [0.1, 0.15) is 20.7 Å². The van der Waals surface area contributed by atoms with Crippen LogP contribution in [0.3, 0.4) is 0 Å². The van der Waals surface area contributed by atoms with Gasteiger partial charge in [-0.25, -0.2) is 0 Å². The Morgan fingerprint density at radius 1 is 1.19 bits per heavy atom. The average molecular weight is 305 g/mol. The number of carbonyl (C=O) groups excluding carboxylic acids is 2. The van der Waals surface area contributed by atoms with Gasteiger partial charge in [-0.1, -0.05) is 17.7 Å². The van der Waals surface area contributed by atoms with Crippen LogP contribution < -0.4 is 15.2 Å². The zero-order valence-electron chi connectivity index (χ0n) is 11.1. The molecule has 0 radical (unpaired) electrons. The molecule has 0 bridgehead atoms. The number of hydrogen-bond acceptors (Lipinski definition) is 4. The summed E-state index contributed by atoms with van der Waals surface area (Å²) >= 11 is 5.73. The zero-order chi connectivity index (χ0) is 15.4. The second-order valence-corrected chi connectivity index (χ2v) is 4.60. The molecule has 0 saturated heterocycles. The fourth-order valence-corrected chi connectivity index (χ4v) is 1.93. The predicted octanol–water partition coefficient (Wildman–Crippen LogP) is 1.96. The number of rotatable bonds is 4. The molecule has 0 heterocycles. The van der Waals surface area contributed by atoms with Crippen LogP contribution in [-0.4, -0.2) is 19.0 Å². The highest BCUT2D eigenvalue weighted by atomic mass is 35.5. The van der Waals surface area contributed by atoms with E-state index in [1.807, 2.05) is 0 Å². The summed E-state index contributed by atoms with van der Waals surface area (Å²) in [4.78, 5) is 23.2. The third-order valence-corrected chi connectivity index (χ3v) is 3.02. The van der Waals surface area contributed by atoms with Gasteiger partial charge in [0.1, 0.15) is 5.75 Å².